The molecule has 0 amide bonds. The van der Waals surface area contributed by atoms with Gasteiger partial charge in [0.15, 0.2) is 0 Å². The van der Waals surface area contributed by atoms with Gasteiger partial charge in [-0.1, -0.05) is 0 Å². The average molecular weight is 222 g/mol. The largest absolute Gasteiger partial charge is 0.502 e. The van der Waals surface area contributed by atoms with Crippen LogP contribution in [0.2, 0.25) is 6.04 Å². The minimum Gasteiger partial charge on any atom is -0.377 e. The molecule has 0 aliphatic rings. The van der Waals surface area contributed by atoms with Crippen molar-refractivity contribution in [3.05, 3.63) is 0 Å². The van der Waals surface area contributed by atoms with E-state index in [0.717, 1.165) is 0 Å². The highest BCUT2D eigenvalue weighted by molar-refractivity contribution is 6.60. The van der Waals surface area contributed by atoms with Gasteiger partial charge in [0, 0.05) is 27.4 Å². The van der Waals surface area contributed by atoms with Crippen LogP contribution in [-0.4, -0.2) is 42.3 Å². The molecule has 0 fully saturated rings. The maximum atomic E-state index is 5.59. The second kappa shape index (κ2) is 5.82. The first-order valence-corrected chi connectivity index (χ1v) is 6.62. The Hall–Kier alpha value is 0.0569. The highest BCUT2D eigenvalue weighted by Gasteiger charge is 2.37. The normalized spacial score (nSPS) is 13.3. The second-order valence-electron chi connectivity index (χ2n) is 4.01. The summed E-state index contributed by atoms with van der Waals surface area (Å²) in [6, 6.07) is 0.674. The Morgan fingerprint density at radius 3 is 1.64 bits per heavy atom. The van der Waals surface area contributed by atoms with Gasteiger partial charge in [0.2, 0.25) is 0 Å². The molecule has 86 valence electrons. The van der Waals surface area contributed by atoms with E-state index >= 15 is 0 Å². The van der Waals surface area contributed by atoms with Crippen molar-refractivity contribution in [1.82, 2.24) is 0 Å². The zero-order chi connectivity index (χ0) is 11.2. The molecule has 0 heterocycles. The van der Waals surface area contributed by atoms with Crippen LogP contribution >= 0.6 is 0 Å². The summed E-state index contributed by atoms with van der Waals surface area (Å²) in [6.45, 7) is 6.64. The number of ether oxygens (including phenoxy) is 1. The van der Waals surface area contributed by atoms with E-state index in [1.807, 2.05) is 20.8 Å². The van der Waals surface area contributed by atoms with Gasteiger partial charge in [-0.3, -0.25) is 0 Å². The lowest BCUT2D eigenvalue weighted by Crippen LogP contribution is -2.44. The summed E-state index contributed by atoms with van der Waals surface area (Å²) in [5.41, 5.74) is -0.130. The second-order valence-corrected chi connectivity index (χ2v) is 7.10. The Balaban J connectivity index is 3.95. The molecule has 0 aliphatic carbocycles. The van der Waals surface area contributed by atoms with Crippen LogP contribution in [0.15, 0.2) is 0 Å². The highest BCUT2D eigenvalue weighted by Crippen LogP contribution is 2.15. The minimum atomic E-state index is -2.44. The molecule has 14 heavy (non-hydrogen) atoms. The van der Waals surface area contributed by atoms with Crippen LogP contribution in [0.4, 0.5) is 0 Å². The van der Waals surface area contributed by atoms with Crippen molar-refractivity contribution in [3.63, 3.8) is 0 Å². The number of rotatable bonds is 6. The summed E-state index contributed by atoms with van der Waals surface area (Å²) in [5.74, 6) is 0. The zero-order valence-corrected chi connectivity index (χ0v) is 11.0. The van der Waals surface area contributed by atoms with E-state index in [1.54, 1.807) is 21.3 Å². The van der Waals surface area contributed by atoms with Gasteiger partial charge in [-0.05, 0) is 20.8 Å². The smallest absolute Gasteiger partial charge is 0.377 e. The van der Waals surface area contributed by atoms with Crippen LogP contribution < -0.4 is 0 Å². The first-order chi connectivity index (χ1) is 6.39. The molecule has 0 aromatic heterocycles. The molecule has 5 heteroatoms. The average Bonchev–Trinajstić information content (AvgIpc) is 2.11. The molecule has 0 bridgehead atoms. The molecule has 0 saturated heterocycles. The molecule has 0 radical (unpaired) electrons. The van der Waals surface area contributed by atoms with E-state index in [0.29, 0.717) is 12.7 Å². The van der Waals surface area contributed by atoms with Gasteiger partial charge in [-0.2, -0.15) is 0 Å². The Morgan fingerprint density at radius 2 is 1.36 bits per heavy atom. The van der Waals surface area contributed by atoms with E-state index in [-0.39, 0.29) is 5.60 Å². The molecule has 0 aromatic rings. The Labute approximate surface area is 87.9 Å². The first-order valence-electron chi connectivity index (χ1n) is 4.68. The molecule has 0 unspecified atom stereocenters. The molecule has 0 aromatic carbocycles. The third-order valence-corrected chi connectivity index (χ3v) is 4.56. The van der Waals surface area contributed by atoms with Crippen molar-refractivity contribution in [3.8, 4) is 0 Å². The summed E-state index contributed by atoms with van der Waals surface area (Å²) < 4.78 is 21.4. The predicted molar refractivity (Wildman–Crippen MR) is 57.3 cm³/mol. The van der Waals surface area contributed by atoms with Crippen LogP contribution in [0.1, 0.15) is 20.8 Å². The van der Waals surface area contributed by atoms with E-state index in [4.69, 9.17) is 18.0 Å². The van der Waals surface area contributed by atoms with Crippen molar-refractivity contribution in [2.45, 2.75) is 32.4 Å². The van der Waals surface area contributed by atoms with E-state index in [1.165, 1.54) is 0 Å². The quantitative estimate of drug-likeness (QED) is 0.641. The molecular weight excluding hydrogens is 200 g/mol. The Morgan fingerprint density at radius 1 is 0.929 bits per heavy atom. The van der Waals surface area contributed by atoms with Crippen LogP contribution in [-0.2, 0) is 18.0 Å². The van der Waals surface area contributed by atoms with Gasteiger partial charge in [-0.25, -0.2) is 0 Å². The van der Waals surface area contributed by atoms with Crippen molar-refractivity contribution in [2.24, 2.45) is 0 Å². The summed E-state index contributed by atoms with van der Waals surface area (Å²) in [6.07, 6.45) is 0. The molecule has 0 N–H and O–H groups in total. The van der Waals surface area contributed by atoms with E-state index < -0.39 is 8.80 Å². The summed E-state index contributed by atoms with van der Waals surface area (Å²) in [5, 5.41) is 0. The Kier molecular flexibility index (Phi) is 5.85. The number of hydrogen-bond donors (Lipinski definition) is 0. The van der Waals surface area contributed by atoms with Gasteiger partial charge < -0.3 is 18.0 Å². The highest BCUT2D eigenvalue weighted by atomic mass is 28.4. The minimum absolute atomic E-state index is 0.130. The third kappa shape index (κ3) is 5.07. The molecule has 0 rings (SSSR count). The topological polar surface area (TPSA) is 36.9 Å². The zero-order valence-electron chi connectivity index (χ0n) is 10.0. The molecule has 4 nitrogen and oxygen atoms in total. The SMILES string of the molecule is CO[Si](CCOC(C)(C)C)(OC)OC. The van der Waals surface area contributed by atoms with Crippen molar-refractivity contribution in [1.29, 1.82) is 0 Å². The molecular formula is C9H22O4Si. The van der Waals surface area contributed by atoms with E-state index in [2.05, 4.69) is 0 Å². The van der Waals surface area contributed by atoms with Crippen LogP contribution in [0.25, 0.3) is 0 Å². The van der Waals surface area contributed by atoms with E-state index in [9.17, 15) is 0 Å². The van der Waals surface area contributed by atoms with Crippen LogP contribution in [0, 0.1) is 0 Å². The van der Waals surface area contributed by atoms with Crippen LogP contribution in [0.3, 0.4) is 0 Å². The number of hydrogen-bond acceptors (Lipinski definition) is 4. The van der Waals surface area contributed by atoms with Gasteiger partial charge in [-0.15, -0.1) is 0 Å². The maximum absolute atomic E-state index is 5.59. The fraction of sp³-hybridized carbons (Fsp3) is 1.00. The fourth-order valence-corrected chi connectivity index (χ4v) is 2.50. The fourth-order valence-electron chi connectivity index (χ4n) is 1.04. The third-order valence-electron chi connectivity index (χ3n) is 1.88. The first kappa shape index (κ1) is 14.1. The van der Waals surface area contributed by atoms with Crippen molar-refractivity contribution >= 4 is 8.80 Å². The monoisotopic (exact) mass is 222 g/mol. The summed E-state index contributed by atoms with van der Waals surface area (Å²) >= 11 is 0. The van der Waals surface area contributed by atoms with Crippen molar-refractivity contribution < 1.29 is 18.0 Å². The molecule has 0 atom stereocenters. The lowest BCUT2D eigenvalue weighted by molar-refractivity contribution is -0.00268. The maximum Gasteiger partial charge on any atom is 0.502 e. The standard InChI is InChI=1S/C9H22O4Si/c1-9(2,3)13-7-8-14(10-4,11-5)12-6/h7-8H2,1-6H3. The van der Waals surface area contributed by atoms with Gasteiger partial charge in [0.05, 0.1) is 12.2 Å². The van der Waals surface area contributed by atoms with Crippen LogP contribution in [0.5, 0.6) is 0 Å². The summed E-state index contributed by atoms with van der Waals surface area (Å²) in [7, 11) is 2.38. The summed E-state index contributed by atoms with van der Waals surface area (Å²) in [4.78, 5) is 0. The molecule has 0 spiro atoms. The Bertz CT molecular complexity index is 143. The molecule has 0 aliphatic heterocycles. The lowest BCUT2D eigenvalue weighted by Gasteiger charge is -2.26. The van der Waals surface area contributed by atoms with Crippen molar-refractivity contribution in [2.75, 3.05) is 27.9 Å². The van der Waals surface area contributed by atoms with Gasteiger partial charge >= 0.3 is 8.80 Å². The molecule has 0 saturated carbocycles. The van der Waals surface area contributed by atoms with Gasteiger partial charge in [0.1, 0.15) is 0 Å². The van der Waals surface area contributed by atoms with Gasteiger partial charge in [0.25, 0.3) is 0 Å². The predicted octanol–water partition coefficient (Wildman–Crippen LogP) is 1.68. The lowest BCUT2D eigenvalue weighted by atomic mass is 10.2.